The van der Waals surface area contributed by atoms with Gasteiger partial charge in [0.05, 0.1) is 17.3 Å². The molecule has 0 amide bonds. The Kier molecular flexibility index (Phi) is 6.29. The Bertz CT molecular complexity index is 482. The molecule has 1 aliphatic carbocycles. The lowest BCUT2D eigenvalue weighted by atomic mass is 9.73. The number of ether oxygens (including phenoxy) is 1. The van der Waals surface area contributed by atoms with Crippen LogP contribution in [0.3, 0.4) is 0 Å². The Morgan fingerprint density at radius 2 is 1.96 bits per heavy atom. The molecular formula is C20H34O4. The molecule has 1 fully saturated rings. The van der Waals surface area contributed by atoms with Crippen molar-refractivity contribution in [3.05, 3.63) is 23.8 Å². The highest BCUT2D eigenvalue weighted by Crippen LogP contribution is 2.44. The number of aliphatic hydroxyl groups is 1. The Labute approximate surface area is 146 Å². The minimum Gasteiger partial charge on any atom is -0.390 e. The summed E-state index contributed by atoms with van der Waals surface area (Å²) in [4.78, 5) is 4.67. The van der Waals surface area contributed by atoms with Crippen LogP contribution in [-0.4, -0.2) is 33.8 Å². The molecule has 0 radical (unpaired) electrons. The molecule has 0 aromatic rings. The normalized spacial score (nSPS) is 40.7. The Hall–Kier alpha value is -0.680. The fraction of sp³-hybridized carbons (Fsp3) is 0.800. The molecule has 4 atom stereocenters. The molecule has 0 saturated carbocycles. The van der Waals surface area contributed by atoms with E-state index in [1.807, 2.05) is 6.92 Å². The third kappa shape index (κ3) is 4.48. The van der Waals surface area contributed by atoms with Gasteiger partial charge in [0.25, 0.3) is 0 Å². The minimum absolute atomic E-state index is 0.273. The highest BCUT2D eigenvalue weighted by Gasteiger charge is 2.48. The smallest absolute Gasteiger partial charge is 0.114 e. The third-order valence-corrected chi connectivity index (χ3v) is 6.02. The van der Waals surface area contributed by atoms with Crippen LogP contribution in [0.25, 0.3) is 0 Å². The zero-order chi connectivity index (χ0) is 18.0. The molecule has 0 spiro atoms. The van der Waals surface area contributed by atoms with E-state index in [0.717, 1.165) is 37.7 Å². The Morgan fingerprint density at radius 3 is 2.62 bits per heavy atom. The first kappa shape index (κ1) is 19.6. The molecule has 0 aromatic carbocycles. The second-order valence-corrected chi connectivity index (χ2v) is 8.39. The van der Waals surface area contributed by atoms with Crippen molar-refractivity contribution >= 4 is 0 Å². The molecule has 3 aliphatic rings. The molecule has 4 heteroatoms. The summed E-state index contributed by atoms with van der Waals surface area (Å²) in [5, 5.41) is 20.0. The fourth-order valence-corrected chi connectivity index (χ4v) is 4.16. The predicted octanol–water partition coefficient (Wildman–Crippen LogP) is 4.64. The SMILES string of the molecule is C=C1CC/C=C(\C)CC[C@@H]2C[C@@H](O)[C@](C)(CC[C@H]1OO)OC2(C)C. The van der Waals surface area contributed by atoms with Crippen molar-refractivity contribution in [1.82, 2.24) is 0 Å². The summed E-state index contributed by atoms with van der Waals surface area (Å²) in [6, 6.07) is 0. The van der Waals surface area contributed by atoms with E-state index in [1.54, 1.807) is 0 Å². The zero-order valence-electron chi connectivity index (χ0n) is 15.7. The average molecular weight is 338 g/mol. The first-order chi connectivity index (χ1) is 11.2. The molecule has 2 N–H and O–H groups in total. The third-order valence-electron chi connectivity index (χ3n) is 6.02. The maximum atomic E-state index is 10.7. The van der Waals surface area contributed by atoms with E-state index in [0.29, 0.717) is 18.8 Å². The molecule has 2 aliphatic heterocycles. The summed E-state index contributed by atoms with van der Waals surface area (Å²) >= 11 is 0. The molecule has 24 heavy (non-hydrogen) atoms. The van der Waals surface area contributed by atoms with E-state index < -0.39 is 17.8 Å². The molecule has 0 aromatic heterocycles. The van der Waals surface area contributed by atoms with Gasteiger partial charge < -0.3 is 9.84 Å². The Balaban J connectivity index is 2.26. The van der Waals surface area contributed by atoms with Gasteiger partial charge in [0.2, 0.25) is 0 Å². The van der Waals surface area contributed by atoms with E-state index in [9.17, 15) is 10.4 Å². The van der Waals surface area contributed by atoms with Gasteiger partial charge >= 0.3 is 0 Å². The lowest BCUT2D eigenvalue weighted by Gasteiger charge is -2.51. The summed E-state index contributed by atoms with van der Waals surface area (Å²) in [7, 11) is 0. The summed E-state index contributed by atoms with van der Waals surface area (Å²) in [6.45, 7) is 12.5. The average Bonchev–Trinajstić information content (AvgIpc) is 2.49. The lowest BCUT2D eigenvalue weighted by molar-refractivity contribution is -0.279. The van der Waals surface area contributed by atoms with Crippen LogP contribution in [0.5, 0.6) is 0 Å². The number of aliphatic hydroxyl groups excluding tert-OH is 1. The van der Waals surface area contributed by atoms with Crippen molar-refractivity contribution in [2.24, 2.45) is 5.92 Å². The number of rotatable bonds is 1. The van der Waals surface area contributed by atoms with Gasteiger partial charge in [0.15, 0.2) is 0 Å². The molecule has 4 nitrogen and oxygen atoms in total. The summed E-state index contributed by atoms with van der Waals surface area (Å²) in [6.07, 6.45) is 7.09. The predicted molar refractivity (Wildman–Crippen MR) is 95.8 cm³/mol. The molecule has 2 bridgehead atoms. The highest BCUT2D eigenvalue weighted by atomic mass is 17.1. The second kappa shape index (κ2) is 7.69. The van der Waals surface area contributed by atoms with Gasteiger partial charge in [-0.15, -0.1) is 0 Å². The van der Waals surface area contributed by atoms with Crippen LogP contribution in [-0.2, 0) is 9.62 Å². The largest absolute Gasteiger partial charge is 0.390 e. The van der Waals surface area contributed by atoms with E-state index >= 15 is 0 Å². The van der Waals surface area contributed by atoms with Gasteiger partial charge in [-0.3, -0.25) is 5.26 Å². The van der Waals surface area contributed by atoms with Crippen LogP contribution < -0.4 is 0 Å². The van der Waals surface area contributed by atoms with Gasteiger partial charge in [-0.1, -0.05) is 18.2 Å². The van der Waals surface area contributed by atoms with Crippen molar-refractivity contribution in [1.29, 1.82) is 0 Å². The highest BCUT2D eigenvalue weighted by molar-refractivity contribution is 5.08. The van der Waals surface area contributed by atoms with Crippen LogP contribution in [0.2, 0.25) is 0 Å². The first-order valence-electron chi connectivity index (χ1n) is 9.19. The van der Waals surface area contributed by atoms with Crippen LogP contribution in [0.1, 0.15) is 72.6 Å². The van der Waals surface area contributed by atoms with E-state index in [-0.39, 0.29) is 5.60 Å². The quantitative estimate of drug-likeness (QED) is 0.415. The fourth-order valence-electron chi connectivity index (χ4n) is 4.16. The molecular weight excluding hydrogens is 304 g/mol. The van der Waals surface area contributed by atoms with Crippen LogP contribution in [0, 0.1) is 5.92 Å². The summed E-state index contributed by atoms with van der Waals surface area (Å²) in [5.41, 5.74) is 1.36. The number of hydrogen-bond acceptors (Lipinski definition) is 4. The van der Waals surface area contributed by atoms with E-state index in [1.165, 1.54) is 5.57 Å². The van der Waals surface area contributed by atoms with Gasteiger partial charge in [-0.25, -0.2) is 4.89 Å². The van der Waals surface area contributed by atoms with Gasteiger partial charge in [-0.05, 0) is 84.1 Å². The standard InChI is InChI=1S/C20H34O4/c1-14-7-6-8-15(2)17(23-22)11-12-20(5)18(21)13-16(10-9-14)19(3,4)24-20/h7,16-18,21-22H,2,6,8-13H2,1,3-5H3/b14-7+/t16-,17-,18-,20+/m1/s1. The number of hydrogen-bond donors (Lipinski definition) is 2. The Morgan fingerprint density at radius 1 is 1.25 bits per heavy atom. The molecule has 138 valence electrons. The minimum atomic E-state index is -0.619. The maximum absolute atomic E-state index is 10.7. The maximum Gasteiger partial charge on any atom is 0.114 e. The summed E-state index contributed by atoms with van der Waals surface area (Å²) < 4.78 is 6.41. The van der Waals surface area contributed by atoms with E-state index in [4.69, 9.17) is 4.74 Å². The molecule has 2 heterocycles. The monoisotopic (exact) mass is 338 g/mol. The number of allylic oxidation sites excluding steroid dienone is 2. The van der Waals surface area contributed by atoms with Gasteiger partial charge in [0.1, 0.15) is 6.10 Å². The molecule has 3 rings (SSSR count). The van der Waals surface area contributed by atoms with Crippen LogP contribution in [0.15, 0.2) is 23.8 Å². The summed E-state index contributed by atoms with van der Waals surface area (Å²) in [5.74, 6) is 0.340. The van der Waals surface area contributed by atoms with Crippen LogP contribution in [0.4, 0.5) is 0 Å². The molecule has 1 saturated heterocycles. The van der Waals surface area contributed by atoms with E-state index in [2.05, 4.69) is 38.3 Å². The number of fused-ring (bicyclic) bond motifs is 10. The van der Waals surface area contributed by atoms with Crippen molar-refractivity contribution in [2.45, 2.75) is 96.1 Å². The van der Waals surface area contributed by atoms with Crippen molar-refractivity contribution in [2.75, 3.05) is 0 Å². The topological polar surface area (TPSA) is 58.9 Å². The zero-order valence-corrected chi connectivity index (χ0v) is 15.7. The van der Waals surface area contributed by atoms with Crippen molar-refractivity contribution in [3.8, 4) is 0 Å². The molecule has 0 unspecified atom stereocenters. The van der Waals surface area contributed by atoms with Gasteiger partial charge in [0, 0.05) is 0 Å². The van der Waals surface area contributed by atoms with Gasteiger partial charge in [-0.2, -0.15) is 0 Å². The van der Waals surface area contributed by atoms with Crippen molar-refractivity contribution < 1.29 is 20.0 Å². The second-order valence-electron chi connectivity index (χ2n) is 8.39. The van der Waals surface area contributed by atoms with Crippen LogP contribution >= 0.6 is 0 Å². The first-order valence-corrected chi connectivity index (χ1v) is 9.19. The lowest BCUT2D eigenvalue weighted by Crippen LogP contribution is -2.57. The van der Waals surface area contributed by atoms with Crippen molar-refractivity contribution in [3.63, 3.8) is 0 Å².